The molecule has 0 atom stereocenters. The zero-order valence-corrected chi connectivity index (χ0v) is 10.9. The molecule has 0 aromatic heterocycles. The molecule has 1 rings (SSSR count). The second kappa shape index (κ2) is 6.42. The summed E-state index contributed by atoms with van der Waals surface area (Å²) in [6.07, 6.45) is -4.95. The first kappa shape index (κ1) is 16.0. The fraction of sp³-hybridized carbons (Fsp3) is 0.364. The highest BCUT2D eigenvalue weighted by molar-refractivity contribution is 9.10. The predicted octanol–water partition coefficient (Wildman–Crippen LogP) is 3.88. The van der Waals surface area contributed by atoms with Crippen molar-refractivity contribution in [2.75, 3.05) is 13.2 Å². The average Bonchev–Trinajstić information content (AvgIpc) is 2.28. The number of hydrogen-bond donors (Lipinski definition) is 0. The van der Waals surface area contributed by atoms with Crippen LogP contribution < -0.4 is 0 Å². The standard InChI is InChI=1S/C11H8BrF5O2/c12-7-4-8(13)6(3-9(7)14)10(18)1-2-19-5-11(15,16)17/h3-4H,1-2,5H2. The van der Waals surface area contributed by atoms with Crippen molar-refractivity contribution in [1.29, 1.82) is 0 Å². The highest BCUT2D eigenvalue weighted by Gasteiger charge is 2.27. The Kier molecular flexibility index (Phi) is 5.42. The van der Waals surface area contributed by atoms with E-state index in [-0.39, 0.29) is 4.47 Å². The lowest BCUT2D eigenvalue weighted by molar-refractivity contribution is -0.173. The first-order valence-corrected chi connectivity index (χ1v) is 5.82. The van der Waals surface area contributed by atoms with Gasteiger partial charge in [0.05, 0.1) is 16.6 Å². The Morgan fingerprint density at radius 2 is 1.84 bits per heavy atom. The van der Waals surface area contributed by atoms with Crippen LogP contribution in [0.25, 0.3) is 0 Å². The molecule has 0 heterocycles. The molecule has 0 aliphatic carbocycles. The van der Waals surface area contributed by atoms with E-state index in [2.05, 4.69) is 20.7 Å². The second-order valence-electron chi connectivity index (χ2n) is 3.59. The predicted molar refractivity (Wildman–Crippen MR) is 59.9 cm³/mol. The molecule has 106 valence electrons. The maximum atomic E-state index is 13.3. The molecule has 0 radical (unpaired) electrons. The normalized spacial score (nSPS) is 11.7. The Balaban J connectivity index is 2.57. The van der Waals surface area contributed by atoms with Crippen LogP contribution in [0.2, 0.25) is 0 Å². The molecular formula is C11H8BrF5O2. The number of carbonyl (C=O) groups is 1. The zero-order valence-electron chi connectivity index (χ0n) is 9.36. The SMILES string of the molecule is O=C(CCOCC(F)(F)F)c1cc(F)c(Br)cc1F. The molecule has 0 saturated heterocycles. The third-order valence-electron chi connectivity index (χ3n) is 2.05. The summed E-state index contributed by atoms with van der Waals surface area (Å²) in [4.78, 5) is 11.5. The Labute approximate surface area is 113 Å². The second-order valence-corrected chi connectivity index (χ2v) is 4.44. The molecule has 0 bridgehead atoms. The van der Waals surface area contributed by atoms with Crippen LogP contribution in [0.4, 0.5) is 22.0 Å². The van der Waals surface area contributed by atoms with Crippen molar-refractivity contribution in [3.63, 3.8) is 0 Å². The molecule has 0 spiro atoms. The average molecular weight is 347 g/mol. The molecule has 0 N–H and O–H groups in total. The summed E-state index contributed by atoms with van der Waals surface area (Å²) in [5.41, 5.74) is -0.517. The minimum atomic E-state index is -4.49. The van der Waals surface area contributed by atoms with Crippen molar-refractivity contribution >= 4 is 21.7 Å². The first-order valence-electron chi connectivity index (χ1n) is 5.03. The van der Waals surface area contributed by atoms with Gasteiger partial charge in [-0.1, -0.05) is 0 Å². The number of alkyl halides is 3. The Hall–Kier alpha value is -1.02. The van der Waals surface area contributed by atoms with Gasteiger partial charge in [0.1, 0.15) is 18.2 Å². The monoisotopic (exact) mass is 346 g/mol. The van der Waals surface area contributed by atoms with E-state index in [0.717, 1.165) is 6.07 Å². The molecule has 19 heavy (non-hydrogen) atoms. The van der Waals surface area contributed by atoms with E-state index in [1.54, 1.807) is 0 Å². The molecule has 1 aromatic carbocycles. The fourth-order valence-electron chi connectivity index (χ4n) is 1.22. The van der Waals surface area contributed by atoms with Crippen LogP contribution in [0, 0.1) is 11.6 Å². The molecule has 0 saturated carbocycles. The van der Waals surface area contributed by atoms with Gasteiger partial charge in [-0.2, -0.15) is 13.2 Å². The number of carbonyl (C=O) groups excluding carboxylic acids is 1. The molecule has 8 heteroatoms. The van der Waals surface area contributed by atoms with Gasteiger partial charge in [0.15, 0.2) is 5.78 Å². The van der Waals surface area contributed by atoms with Crippen molar-refractivity contribution < 1.29 is 31.5 Å². The molecule has 0 fully saturated rings. The van der Waals surface area contributed by atoms with Gasteiger partial charge in [-0.15, -0.1) is 0 Å². The molecule has 1 aromatic rings. The fourth-order valence-corrected chi connectivity index (χ4v) is 1.54. The van der Waals surface area contributed by atoms with Crippen LogP contribution in [-0.2, 0) is 4.74 Å². The van der Waals surface area contributed by atoms with E-state index >= 15 is 0 Å². The number of rotatable bonds is 5. The maximum absolute atomic E-state index is 13.3. The van der Waals surface area contributed by atoms with Crippen LogP contribution in [0.5, 0.6) is 0 Å². The van der Waals surface area contributed by atoms with Gasteiger partial charge >= 0.3 is 6.18 Å². The summed E-state index contributed by atoms with van der Waals surface area (Å²) in [7, 11) is 0. The largest absolute Gasteiger partial charge is 0.411 e. The smallest absolute Gasteiger partial charge is 0.372 e. The Bertz CT molecular complexity index is 473. The first-order chi connectivity index (χ1) is 8.70. The summed E-state index contributed by atoms with van der Waals surface area (Å²) >= 11 is 2.74. The zero-order chi connectivity index (χ0) is 14.6. The molecule has 0 aliphatic heterocycles. The molecule has 0 amide bonds. The summed E-state index contributed by atoms with van der Waals surface area (Å²) in [5, 5.41) is 0. The van der Waals surface area contributed by atoms with Crippen molar-refractivity contribution in [2.24, 2.45) is 0 Å². The van der Waals surface area contributed by atoms with Gasteiger partial charge in [0, 0.05) is 6.42 Å². The number of Topliss-reactive ketones (excluding diaryl/α,β-unsaturated/α-hetero) is 1. The van der Waals surface area contributed by atoms with Crippen LogP contribution in [0.1, 0.15) is 16.8 Å². The van der Waals surface area contributed by atoms with E-state index in [0.29, 0.717) is 6.07 Å². The van der Waals surface area contributed by atoms with Crippen LogP contribution >= 0.6 is 15.9 Å². The minimum absolute atomic E-state index is 0.144. The number of ketones is 1. The molecule has 0 unspecified atom stereocenters. The minimum Gasteiger partial charge on any atom is -0.372 e. The van der Waals surface area contributed by atoms with Gasteiger partial charge in [-0.25, -0.2) is 8.78 Å². The van der Waals surface area contributed by atoms with Crippen molar-refractivity contribution in [1.82, 2.24) is 0 Å². The van der Waals surface area contributed by atoms with E-state index in [1.165, 1.54) is 0 Å². The van der Waals surface area contributed by atoms with Gasteiger partial charge in [0.25, 0.3) is 0 Å². The number of halogens is 6. The molecular weight excluding hydrogens is 339 g/mol. The number of benzene rings is 1. The van der Waals surface area contributed by atoms with Crippen LogP contribution in [-0.4, -0.2) is 25.2 Å². The number of ether oxygens (including phenoxy) is 1. The van der Waals surface area contributed by atoms with Crippen molar-refractivity contribution in [3.8, 4) is 0 Å². The lowest BCUT2D eigenvalue weighted by Gasteiger charge is -2.07. The highest BCUT2D eigenvalue weighted by atomic mass is 79.9. The van der Waals surface area contributed by atoms with Gasteiger partial charge in [-0.3, -0.25) is 4.79 Å². The summed E-state index contributed by atoms with van der Waals surface area (Å²) < 4.78 is 65.7. The third kappa shape index (κ3) is 5.23. The lowest BCUT2D eigenvalue weighted by atomic mass is 10.1. The summed E-state index contributed by atoms with van der Waals surface area (Å²) in [5.74, 6) is -2.61. The Morgan fingerprint density at radius 3 is 2.42 bits per heavy atom. The number of hydrogen-bond acceptors (Lipinski definition) is 2. The topological polar surface area (TPSA) is 26.3 Å². The summed E-state index contributed by atoms with van der Waals surface area (Å²) in [6.45, 7) is -2.01. The third-order valence-corrected chi connectivity index (χ3v) is 2.66. The Morgan fingerprint density at radius 1 is 1.21 bits per heavy atom. The van der Waals surface area contributed by atoms with Gasteiger partial charge in [0.2, 0.25) is 0 Å². The van der Waals surface area contributed by atoms with E-state index in [4.69, 9.17) is 0 Å². The van der Waals surface area contributed by atoms with Crippen LogP contribution in [0.3, 0.4) is 0 Å². The van der Waals surface area contributed by atoms with Gasteiger partial charge in [-0.05, 0) is 28.1 Å². The van der Waals surface area contributed by atoms with E-state index in [1.807, 2.05) is 0 Å². The molecule has 0 aliphatic rings. The maximum Gasteiger partial charge on any atom is 0.411 e. The van der Waals surface area contributed by atoms with E-state index in [9.17, 15) is 26.7 Å². The molecule has 2 nitrogen and oxygen atoms in total. The van der Waals surface area contributed by atoms with Gasteiger partial charge < -0.3 is 4.74 Å². The van der Waals surface area contributed by atoms with Crippen molar-refractivity contribution in [3.05, 3.63) is 33.8 Å². The van der Waals surface area contributed by atoms with Crippen LogP contribution in [0.15, 0.2) is 16.6 Å². The van der Waals surface area contributed by atoms with E-state index < -0.39 is 48.8 Å². The highest BCUT2D eigenvalue weighted by Crippen LogP contribution is 2.21. The quantitative estimate of drug-likeness (QED) is 0.350. The summed E-state index contributed by atoms with van der Waals surface area (Å²) in [6, 6.07) is 1.46. The lowest BCUT2D eigenvalue weighted by Crippen LogP contribution is -2.18. The van der Waals surface area contributed by atoms with Crippen molar-refractivity contribution in [2.45, 2.75) is 12.6 Å².